The van der Waals surface area contributed by atoms with Gasteiger partial charge in [-0.2, -0.15) is 4.31 Å². The summed E-state index contributed by atoms with van der Waals surface area (Å²) in [7, 11) is -5.48. The second-order valence-electron chi connectivity index (χ2n) is 6.77. The van der Waals surface area contributed by atoms with E-state index >= 15 is 0 Å². The van der Waals surface area contributed by atoms with Gasteiger partial charge in [0.25, 0.3) is 0 Å². The number of benzene rings is 2. The third kappa shape index (κ3) is 4.51. The molecule has 0 aliphatic carbocycles. The highest BCUT2D eigenvalue weighted by atomic mass is 32.2. The molecule has 0 saturated carbocycles. The van der Waals surface area contributed by atoms with Gasteiger partial charge in [0.2, 0.25) is 10.0 Å². The van der Waals surface area contributed by atoms with E-state index in [0.717, 1.165) is 11.1 Å². The molecule has 1 aliphatic heterocycles. The Kier molecular flexibility index (Phi) is 5.60. The van der Waals surface area contributed by atoms with E-state index in [-0.39, 0.29) is 22.9 Å². The van der Waals surface area contributed by atoms with E-state index in [1.807, 2.05) is 6.92 Å². The van der Waals surface area contributed by atoms with Crippen LogP contribution in [-0.4, -0.2) is 45.8 Å². The molecule has 0 aromatic heterocycles. The van der Waals surface area contributed by atoms with Crippen LogP contribution in [0.5, 0.6) is 5.75 Å². The van der Waals surface area contributed by atoms with E-state index < -0.39 is 25.9 Å². The van der Waals surface area contributed by atoms with Crippen LogP contribution >= 0.6 is 0 Å². The number of hydrogen-bond donors (Lipinski definition) is 0. The molecule has 0 N–H and O–H groups in total. The molecule has 27 heavy (non-hydrogen) atoms. The van der Waals surface area contributed by atoms with Crippen LogP contribution in [0.1, 0.15) is 17.5 Å². The smallest absolute Gasteiger partial charge is 0.243 e. The Balaban J connectivity index is 1.97. The van der Waals surface area contributed by atoms with Crippen molar-refractivity contribution in [1.82, 2.24) is 4.31 Å². The van der Waals surface area contributed by atoms with Gasteiger partial charge in [-0.05, 0) is 43.2 Å². The van der Waals surface area contributed by atoms with Gasteiger partial charge in [-0.15, -0.1) is 0 Å². The zero-order valence-corrected chi connectivity index (χ0v) is 17.0. The van der Waals surface area contributed by atoms with Crippen LogP contribution in [0.15, 0.2) is 53.4 Å². The largest absolute Gasteiger partial charge is 0.497 e. The number of nitrogens with zero attached hydrogens (tertiary/aromatic N) is 1. The number of rotatable bonds is 6. The lowest BCUT2D eigenvalue weighted by molar-refractivity contribution is 0.334. The highest BCUT2D eigenvalue weighted by molar-refractivity contribution is 7.92. The van der Waals surface area contributed by atoms with E-state index in [2.05, 4.69) is 0 Å². The minimum atomic E-state index is -3.83. The minimum absolute atomic E-state index is 0.0141. The van der Waals surface area contributed by atoms with Crippen molar-refractivity contribution in [1.29, 1.82) is 0 Å². The average molecular weight is 410 g/mol. The monoisotopic (exact) mass is 409 g/mol. The zero-order valence-electron chi connectivity index (χ0n) is 15.3. The molecule has 1 saturated heterocycles. The van der Waals surface area contributed by atoms with E-state index in [9.17, 15) is 16.8 Å². The van der Waals surface area contributed by atoms with Crippen LogP contribution in [0, 0.1) is 6.92 Å². The van der Waals surface area contributed by atoms with Crippen LogP contribution in [0.4, 0.5) is 0 Å². The molecule has 2 aromatic carbocycles. The van der Waals surface area contributed by atoms with Gasteiger partial charge in [0, 0.05) is 12.6 Å². The molecule has 1 fully saturated rings. The molecular formula is C19H23NO5S2. The summed E-state index contributed by atoms with van der Waals surface area (Å²) >= 11 is 0. The topological polar surface area (TPSA) is 80.8 Å². The molecule has 1 aliphatic rings. The molecule has 3 rings (SSSR count). The fraction of sp³-hybridized carbons (Fsp3) is 0.368. The average Bonchev–Trinajstić information content (AvgIpc) is 3.00. The molecule has 1 atom stereocenters. The van der Waals surface area contributed by atoms with Crippen molar-refractivity contribution in [3.05, 3.63) is 59.7 Å². The van der Waals surface area contributed by atoms with Crippen molar-refractivity contribution in [2.45, 2.75) is 30.8 Å². The van der Waals surface area contributed by atoms with Gasteiger partial charge in [0.15, 0.2) is 9.84 Å². The first-order valence-electron chi connectivity index (χ1n) is 8.63. The Morgan fingerprint density at radius 2 is 1.70 bits per heavy atom. The molecule has 8 heteroatoms. The Morgan fingerprint density at radius 3 is 2.22 bits per heavy atom. The van der Waals surface area contributed by atoms with Crippen molar-refractivity contribution >= 4 is 19.9 Å². The molecule has 0 bridgehead atoms. The van der Waals surface area contributed by atoms with Crippen molar-refractivity contribution in [2.75, 3.05) is 18.6 Å². The summed E-state index contributed by atoms with van der Waals surface area (Å²) < 4.78 is 56.9. The van der Waals surface area contributed by atoms with Gasteiger partial charge in [0.1, 0.15) is 5.75 Å². The number of hydrogen-bond acceptors (Lipinski definition) is 5. The molecule has 1 unspecified atom stereocenters. The highest BCUT2D eigenvalue weighted by Gasteiger charge is 2.38. The lowest BCUT2D eigenvalue weighted by Crippen LogP contribution is -2.40. The predicted octanol–water partition coefficient (Wildman–Crippen LogP) is 2.38. The maximum absolute atomic E-state index is 13.3. The molecule has 6 nitrogen and oxygen atoms in total. The Labute approximate surface area is 160 Å². The summed E-state index contributed by atoms with van der Waals surface area (Å²) in [5.41, 5.74) is 1.73. The summed E-state index contributed by atoms with van der Waals surface area (Å²) in [6.45, 7) is 2.00. The van der Waals surface area contributed by atoms with E-state index in [1.54, 1.807) is 55.6 Å². The van der Waals surface area contributed by atoms with Crippen molar-refractivity contribution in [2.24, 2.45) is 0 Å². The SMILES string of the molecule is COc1ccc(CN(C2CCS(=O)(=O)C2)S(=O)(=O)c2ccc(C)cc2)cc1. The van der Waals surface area contributed by atoms with Gasteiger partial charge in [-0.25, -0.2) is 16.8 Å². The number of sulfone groups is 1. The van der Waals surface area contributed by atoms with E-state index in [4.69, 9.17) is 4.74 Å². The molecule has 0 spiro atoms. The maximum Gasteiger partial charge on any atom is 0.243 e. The number of aryl methyl sites for hydroxylation is 1. The summed E-state index contributed by atoms with van der Waals surface area (Å²) in [4.78, 5) is 0.172. The fourth-order valence-electron chi connectivity index (χ4n) is 3.17. The second kappa shape index (κ2) is 7.61. The van der Waals surface area contributed by atoms with Gasteiger partial charge in [0.05, 0.1) is 23.5 Å². The minimum Gasteiger partial charge on any atom is -0.497 e. The van der Waals surface area contributed by atoms with Gasteiger partial charge < -0.3 is 4.74 Å². The van der Waals surface area contributed by atoms with E-state index in [1.165, 1.54) is 4.31 Å². The normalized spacial score (nSPS) is 19.3. The van der Waals surface area contributed by atoms with Crippen molar-refractivity contribution in [3.8, 4) is 5.75 Å². The van der Waals surface area contributed by atoms with E-state index in [0.29, 0.717) is 12.2 Å². The van der Waals surface area contributed by atoms with Gasteiger partial charge >= 0.3 is 0 Å². The number of ether oxygens (including phenoxy) is 1. The molecule has 0 amide bonds. The number of sulfonamides is 1. The van der Waals surface area contributed by atoms with Crippen LogP contribution in [0.3, 0.4) is 0 Å². The molecular weight excluding hydrogens is 386 g/mol. The third-order valence-electron chi connectivity index (χ3n) is 4.74. The molecule has 1 heterocycles. The van der Waals surface area contributed by atoms with Crippen molar-refractivity contribution in [3.63, 3.8) is 0 Å². The first kappa shape index (κ1) is 19.9. The molecule has 2 aromatic rings. The first-order chi connectivity index (χ1) is 12.7. The zero-order chi connectivity index (χ0) is 19.7. The lowest BCUT2D eigenvalue weighted by atomic mass is 10.2. The Bertz CT molecular complexity index is 997. The standard InChI is InChI=1S/C19H23NO5S2/c1-15-3-9-19(10-4-15)27(23,24)20(17-11-12-26(21,22)14-17)13-16-5-7-18(25-2)8-6-16/h3-10,17H,11-14H2,1-2H3. The third-order valence-corrected chi connectivity index (χ3v) is 8.40. The summed E-state index contributed by atoms with van der Waals surface area (Å²) in [5, 5.41) is 0. The van der Waals surface area contributed by atoms with Gasteiger partial charge in [-0.3, -0.25) is 0 Å². The highest BCUT2D eigenvalue weighted by Crippen LogP contribution is 2.27. The first-order valence-corrected chi connectivity index (χ1v) is 11.9. The second-order valence-corrected chi connectivity index (χ2v) is 10.9. The lowest BCUT2D eigenvalue weighted by Gasteiger charge is -2.27. The summed E-state index contributed by atoms with van der Waals surface area (Å²) in [6, 6.07) is 13.1. The van der Waals surface area contributed by atoms with Crippen LogP contribution in [-0.2, 0) is 26.4 Å². The maximum atomic E-state index is 13.3. The summed E-state index contributed by atoms with van der Waals surface area (Å²) in [6.07, 6.45) is 0.309. The number of methoxy groups -OCH3 is 1. The predicted molar refractivity (Wildman–Crippen MR) is 104 cm³/mol. The van der Waals surface area contributed by atoms with Crippen LogP contribution in [0.2, 0.25) is 0 Å². The molecule has 0 radical (unpaired) electrons. The van der Waals surface area contributed by atoms with Crippen LogP contribution < -0.4 is 4.74 Å². The Morgan fingerprint density at radius 1 is 1.07 bits per heavy atom. The van der Waals surface area contributed by atoms with Crippen molar-refractivity contribution < 1.29 is 21.6 Å². The Hall–Kier alpha value is -1.90. The van der Waals surface area contributed by atoms with Gasteiger partial charge in [-0.1, -0.05) is 29.8 Å². The summed E-state index contributed by atoms with van der Waals surface area (Å²) in [5.74, 6) is 0.546. The quantitative estimate of drug-likeness (QED) is 0.732. The molecule has 146 valence electrons. The fourth-order valence-corrected chi connectivity index (χ4v) is 6.64. The van der Waals surface area contributed by atoms with Crippen LogP contribution in [0.25, 0.3) is 0 Å².